The van der Waals surface area contributed by atoms with Crippen molar-refractivity contribution in [1.29, 1.82) is 0 Å². The Morgan fingerprint density at radius 1 is 1.25 bits per heavy atom. The third-order valence-electron chi connectivity index (χ3n) is 2.57. The molecular weight excluding hydrogens is 222 g/mol. The zero-order valence-electron chi connectivity index (χ0n) is 10.2. The Morgan fingerprint density at radius 2 is 1.94 bits per heavy atom. The molecule has 0 spiro atoms. The Morgan fingerprint density at radius 3 is 2.50 bits per heavy atom. The van der Waals surface area contributed by atoms with Gasteiger partial charge in [0.05, 0.1) is 6.54 Å². The molecule has 1 aromatic heterocycles. The summed E-state index contributed by atoms with van der Waals surface area (Å²) < 4.78 is 5.68. The Bertz CT molecular complexity index is 339. The van der Waals surface area contributed by atoms with Crippen LogP contribution in [-0.4, -0.2) is 39.7 Å². The van der Waals surface area contributed by atoms with Crippen LogP contribution in [0.2, 0.25) is 0 Å². The lowest BCUT2D eigenvalue weighted by Gasteiger charge is -2.24. The van der Waals surface area contributed by atoms with Crippen LogP contribution in [0.4, 0.5) is 0 Å². The molecule has 0 radical (unpaired) electrons. The highest BCUT2D eigenvalue weighted by Gasteiger charge is 2.22. The molecule has 1 aliphatic rings. The standard InChI is InChI=1S/C11H19N3OS/c1-11(2,3)10-13-12-9(15-10)8-14-4-6-16-7-5-14/h4-8H2,1-3H3. The molecule has 0 atom stereocenters. The van der Waals surface area contributed by atoms with Crippen LogP contribution < -0.4 is 0 Å². The van der Waals surface area contributed by atoms with Crippen LogP contribution in [0.25, 0.3) is 0 Å². The van der Waals surface area contributed by atoms with Crippen LogP contribution in [0.1, 0.15) is 32.6 Å². The summed E-state index contributed by atoms with van der Waals surface area (Å²) in [7, 11) is 0. The highest BCUT2D eigenvalue weighted by atomic mass is 32.2. The molecule has 1 aromatic rings. The van der Waals surface area contributed by atoms with Crippen molar-refractivity contribution in [2.75, 3.05) is 24.6 Å². The van der Waals surface area contributed by atoms with E-state index >= 15 is 0 Å². The first-order valence-electron chi connectivity index (χ1n) is 5.69. The minimum absolute atomic E-state index is 0.0526. The molecule has 0 amide bonds. The van der Waals surface area contributed by atoms with Crippen molar-refractivity contribution >= 4 is 11.8 Å². The minimum atomic E-state index is -0.0526. The zero-order valence-corrected chi connectivity index (χ0v) is 11.0. The Hall–Kier alpha value is -0.550. The first kappa shape index (κ1) is 11.9. The lowest BCUT2D eigenvalue weighted by atomic mass is 9.97. The molecule has 2 heterocycles. The summed E-state index contributed by atoms with van der Waals surface area (Å²) in [5, 5.41) is 8.22. The van der Waals surface area contributed by atoms with E-state index in [4.69, 9.17) is 4.42 Å². The van der Waals surface area contributed by atoms with Crippen molar-refractivity contribution in [3.8, 4) is 0 Å². The monoisotopic (exact) mass is 241 g/mol. The maximum atomic E-state index is 5.68. The molecule has 1 saturated heterocycles. The molecule has 0 saturated carbocycles. The smallest absolute Gasteiger partial charge is 0.230 e. The summed E-state index contributed by atoms with van der Waals surface area (Å²) in [5.74, 6) is 3.89. The van der Waals surface area contributed by atoms with Gasteiger partial charge in [0.1, 0.15) is 0 Å². The third kappa shape index (κ3) is 2.98. The lowest BCUT2D eigenvalue weighted by molar-refractivity contribution is 0.253. The minimum Gasteiger partial charge on any atom is -0.423 e. The fourth-order valence-electron chi connectivity index (χ4n) is 1.57. The molecule has 1 fully saturated rings. The topological polar surface area (TPSA) is 42.2 Å². The van der Waals surface area contributed by atoms with E-state index in [0.717, 1.165) is 31.4 Å². The predicted molar refractivity (Wildman–Crippen MR) is 65.6 cm³/mol. The molecule has 0 bridgehead atoms. The van der Waals surface area contributed by atoms with Crippen LogP contribution in [0.5, 0.6) is 0 Å². The van der Waals surface area contributed by atoms with E-state index in [-0.39, 0.29) is 5.41 Å². The molecule has 4 nitrogen and oxygen atoms in total. The van der Waals surface area contributed by atoms with Crippen molar-refractivity contribution < 1.29 is 4.42 Å². The SMILES string of the molecule is CC(C)(C)c1nnc(CN2CCSCC2)o1. The number of thioether (sulfide) groups is 1. The molecule has 0 aromatic carbocycles. The normalized spacial score (nSPS) is 18.9. The van der Waals surface area contributed by atoms with E-state index < -0.39 is 0 Å². The quantitative estimate of drug-likeness (QED) is 0.791. The van der Waals surface area contributed by atoms with Crippen LogP contribution in [0.3, 0.4) is 0 Å². The predicted octanol–water partition coefficient (Wildman–Crippen LogP) is 1.92. The largest absolute Gasteiger partial charge is 0.423 e. The van der Waals surface area contributed by atoms with E-state index in [0.29, 0.717) is 0 Å². The van der Waals surface area contributed by atoms with Gasteiger partial charge in [-0.2, -0.15) is 11.8 Å². The van der Waals surface area contributed by atoms with Crippen molar-refractivity contribution in [3.63, 3.8) is 0 Å². The van der Waals surface area contributed by atoms with Gasteiger partial charge in [-0.1, -0.05) is 20.8 Å². The summed E-state index contributed by atoms with van der Waals surface area (Å²) in [6.07, 6.45) is 0. The van der Waals surface area contributed by atoms with Crippen molar-refractivity contribution in [3.05, 3.63) is 11.8 Å². The molecule has 0 aliphatic carbocycles. The molecule has 2 rings (SSSR count). The molecule has 16 heavy (non-hydrogen) atoms. The van der Waals surface area contributed by atoms with E-state index in [2.05, 4.69) is 35.9 Å². The van der Waals surface area contributed by atoms with Gasteiger partial charge in [0.15, 0.2) is 0 Å². The zero-order chi connectivity index (χ0) is 11.6. The molecule has 0 N–H and O–H groups in total. The summed E-state index contributed by atoms with van der Waals surface area (Å²) in [6.45, 7) is 9.30. The Labute approximate surface area is 101 Å². The lowest BCUT2D eigenvalue weighted by Crippen LogP contribution is -2.32. The van der Waals surface area contributed by atoms with Gasteiger partial charge in [-0.15, -0.1) is 10.2 Å². The van der Waals surface area contributed by atoms with Gasteiger partial charge < -0.3 is 4.42 Å². The second-order valence-corrected chi connectivity index (χ2v) is 6.36. The first-order chi connectivity index (χ1) is 7.55. The maximum absolute atomic E-state index is 5.68. The number of hydrogen-bond acceptors (Lipinski definition) is 5. The van der Waals surface area contributed by atoms with Crippen LogP contribution in [-0.2, 0) is 12.0 Å². The molecule has 1 aliphatic heterocycles. The molecular formula is C11H19N3OS. The van der Waals surface area contributed by atoms with Crippen LogP contribution in [0, 0.1) is 0 Å². The first-order valence-corrected chi connectivity index (χ1v) is 6.84. The van der Waals surface area contributed by atoms with E-state index in [1.54, 1.807) is 0 Å². The second kappa shape index (κ2) is 4.75. The Balaban J connectivity index is 1.97. The van der Waals surface area contributed by atoms with Crippen molar-refractivity contribution in [2.24, 2.45) is 0 Å². The average molecular weight is 241 g/mol. The van der Waals surface area contributed by atoms with Gasteiger partial charge in [-0.3, -0.25) is 4.90 Å². The van der Waals surface area contributed by atoms with Crippen LogP contribution in [0.15, 0.2) is 4.42 Å². The molecule has 5 heteroatoms. The van der Waals surface area contributed by atoms with Crippen LogP contribution >= 0.6 is 11.8 Å². The van der Waals surface area contributed by atoms with Gasteiger partial charge in [0, 0.05) is 30.0 Å². The fourth-order valence-corrected chi connectivity index (χ4v) is 2.55. The summed E-state index contributed by atoms with van der Waals surface area (Å²) >= 11 is 2.01. The fraction of sp³-hybridized carbons (Fsp3) is 0.818. The van der Waals surface area contributed by atoms with Gasteiger partial charge in [0.2, 0.25) is 11.8 Å². The number of nitrogens with zero attached hydrogens (tertiary/aromatic N) is 3. The van der Waals surface area contributed by atoms with Gasteiger partial charge in [-0.25, -0.2) is 0 Å². The molecule has 0 unspecified atom stereocenters. The van der Waals surface area contributed by atoms with Gasteiger partial charge >= 0.3 is 0 Å². The third-order valence-corrected chi connectivity index (χ3v) is 3.51. The number of hydrogen-bond donors (Lipinski definition) is 0. The number of aromatic nitrogens is 2. The number of rotatable bonds is 2. The Kier molecular flexibility index (Phi) is 3.54. The second-order valence-electron chi connectivity index (χ2n) is 5.14. The summed E-state index contributed by atoms with van der Waals surface area (Å²) in [6, 6.07) is 0. The van der Waals surface area contributed by atoms with Gasteiger partial charge in [-0.05, 0) is 0 Å². The summed E-state index contributed by atoms with van der Waals surface area (Å²) in [5.41, 5.74) is -0.0526. The van der Waals surface area contributed by atoms with E-state index in [1.807, 2.05) is 11.8 Å². The van der Waals surface area contributed by atoms with E-state index in [9.17, 15) is 0 Å². The average Bonchev–Trinajstić information content (AvgIpc) is 2.67. The highest BCUT2D eigenvalue weighted by Crippen LogP contribution is 2.21. The highest BCUT2D eigenvalue weighted by molar-refractivity contribution is 7.99. The van der Waals surface area contributed by atoms with E-state index in [1.165, 1.54) is 11.5 Å². The van der Waals surface area contributed by atoms with Crippen molar-refractivity contribution in [1.82, 2.24) is 15.1 Å². The summed E-state index contributed by atoms with van der Waals surface area (Å²) in [4.78, 5) is 2.37. The van der Waals surface area contributed by atoms with Crippen molar-refractivity contribution in [2.45, 2.75) is 32.7 Å². The van der Waals surface area contributed by atoms with Gasteiger partial charge in [0.25, 0.3) is 0 Å². The maximum Gasteiger partial charge on any atom is 0.230 e. The molecule has 90 valence electrons.